The van der Waals surface area contributed by atoms with Crippen LogP contribution >= 0.6 is 11.3 Å². The third-order valence-corrected chi connectivity index (χ3v) is 4.38. The van der Waals surface area contributed by atoms with Crippen LogP contribution in [-0.4, -0.2) is 12.6 Å². The number of hydrogen-bond donors (Lipinski definition) is 1. The molecule has 16 heavy (non-hydrogen) atoms. The molecule has 1 saturated carbocycles. The lowest BCUT2D eigenvalue weighted by molar-refractivity contribution is 0.407. The van der Waals surface area contributed by atoms with Crippen LogP contribution in [0.15, 0.2) is 16.8 Å². The Balaban J connectivity index is 1.58. The minimum Gasteiger partial charge on any atom is -0.314 e. The lowest BCUT2D eigenvalue weighted by Crippen LogP contribution is -2.29. The number of nitrogens with one attached hydrogen (secondary N) is 1. The SMILES string of the molecule is CC(CC1CCCC1)NCCc1ccsc1. The van der Waals surface area contributed by atoms with E-state index in [9.17, 15) is 0 Å². The molecule has 0 aromatic carbocycles. The monoisotopic (exact) mass is 237 g/mol. The van der Waals surface area contributed by atoms with Gasteiger partial charge in [0.05, 0.1) is 0 Å². The predicted octanol–water partition coefficient (Wildman–Crippen LogP) is 3.85. The van der Waals surface area contributed by atoms with E-state index in [-0.39, 0.29) is 0 Å². The number of thiophene rings is 1. The van der Waals surface area contributed by atoms with Crippen molar-refractivity contribution in [2.24, 2.45) is 5.92 Å². The summed E-state index contributed by atoms with van der Waals surface area (Å²) in [5, 5.41) is 8.07. The highest BCUT2D eigenvalue weighted by atomic mass is 32.1. The van der Waals surface area contributed by atoms with Gasteiger partial charge < -0.3 is 5.32 Å². The van der Waals surface area contributed by atoms with Crippen LogP contribution in [-0.2, 0) is 6.42 Å². The molecule has 0 saturated heterocycles. The lowest BCUT2D eigenvalue weighted by atomic mass is 9.99. The van der Waals surface area contributed by atoms with Crippen LogP contribution in [0.25, 0.3) is 0 Å². The fourth-order valence-electron chi connectivity index (χ4n) is 2.73. The minimum atomic E-state index is 0.696. The first-order valence-electron chi connectivity index (χ1n) is 6.59. The van der Waals surface area contributed by atoms with Crippen molar-refractivity contribution in [3.05, 3.63) is 22.4 Å². The van der Waals surface area contributed by atoms with E-state index in [1.165, 1.54) is 44.1 Å². The Morgan fingerprint density at radius 1 is 1.44 bits per heavy atom. The van der Waals surface area contributed by atoms with Crippen molar-refractivity contribution in [1.82, 2.24) is 5.32 Å². The first-order chi connectivity index (χ1) is 7.84. The molecule has 1 aromatic rings. The van der Waals surface area contributed by atoms with Crippen LogP contribution in [0.2, 0.25) is 0 Å². The molecule has 0 aliphatic heterocycles. The van der Waals surface area contributed by atoms with Gasteiger partial charge in [-0.05, 0) is 54.6 Å². The summed E-state index contributed by atoms with van der Waals surface area (Å²) >= 11 is 1.80. The van der Waals surface area contributed by atoms with Gasteiger partial charge in [-0.1, -0.05) is 25.7 Å². The summed E-state index contributed by atoms with van der Waals surface area (Å²) in [6, 6.07) is 2.93. The highest BCUT2D eigenvalue weighted by molar-refractivity contribution is 7.07. The summed E-state index contributed by atoms with van der Waals surface area (Å²) < 4.78 is 0. The maximum absolute atomic E-state index is 3.65. The van der Waals surface area contributed by atoms with Gasteiger partial charge in [0.2, 0.25) is 0 Å². The standard InChI is InChI=1S/C14H23NS/c1-12(10-13-4-2-3-5-13)15-8-6-14-7-9-16-11-14/h7,9,11-13,15H,2-6,8,10H2,1H3. The summed E-state index contributed by atoms with van der Waals surface area (Å²) in [6.07, 6.45) is 8.42. The first kappa shape index (κ1) is 12.1. The zero-order chi connectivity index (χ0) is 11.2. The molecule has 90 valence electrons. The van der Waals surface area contributed by atoms with Crippen LogP contribution in [0.5, 0.6) is 0 Å². The van der Waals surface area contributed by atoms with E-state index in [0.29, 0.717) is 6.04 Å². The average molecular weight is 237 g/mol. The molecule has 1 heterocycles. The van der Waals surface area contributed by atoms with Gasteiger partial charge in [-0.25, -0.2) is 0 Å². The molecule has 0 radical (unpaired) electrons. The van der Waals surface area contributed by atoms with E-state index in [2.05, 4.69) is 29.1 Å². The second kappa shape index (κ2) is 6.41. The molecule has 1 nitrogen and oxygen atoms in total. The fourth-order valence-corrected chi connectivity index (χ4v) is 3.43. The van der Waals surface area contributed by atoms with E-state index in [4.69, 9.17) is 0 Å². The largest absolute Gasteiger partial charge is 0.314 e. The van der Waals surface area contributed by atoms with Gasteiger partial charge in [0.1, 0.15) is 0 Å². The van der Waals surface area contributed by atoms with E-state index >= 15 is 0 Å². The maximum Gasteiger partial charge on any atom is 0.00414 e. The molecule has 1 aliphatic rings. The molecule has 1 N–H and O–H groups in total. The topological polar surface area (TPSA) is 12.0 Å². The molecule has 0 bridgehead atoms. The van der Waals surface area contributed by atoms with Crippen LogP contribution in [0.1, 0.15) is 44.6 Å². The highest BCUT2D eigenvalue weighted by Crippen LogP contribution is 2.28. The van der Waals surface area contributed by atoms with Crippen LogP contribution in [0.3, 0.4) is 0 Å². The van der Waals surface area contributed by atoms with Crippen LogP contribution < -0.4 is 5.32 Å². The average Bonchev–Trinajstić information content (AvgIpc) is 2.90. The Morgan fingerprint density at radius 2 is 2.25 bits per heavy atom. The molecular formula is C14H23NS. The summed E-state index contributed by atoms with van der Waals surface area (Å²) in [6.45, 7) is 3.47. The molecule has 1 aliphatic carbocycles. The van der Waals surface area contributed by atoms with Crippen LogP contribution in [0.4, 0.5) is 0 Å². The Kier molecular flexibility index (Phi) is 4.86. The molecule has 1 fully saturated rings. The summed E-state index contributed by atoms with van der Waals surface area (Å²) in [5.41, 5.74) is 1.48. The van der Waals surface area contributed by atoms with Gasteiger partial charge in [0, 0.05) is 6.04 Å². The van der Waals surface area contributed by atoms with Crippen molar-refractivity contribution in [2.75, 3.05) is 6.54 Å². The molecule has 1 atom stereocenters. The lowest BCUT2D eigenvalue weighted by Gasteiger charge is -2.17. The van der Waals surface area contributed by atoms with E-state index in [0.717, 1.165) is 12.5 Å². The van der Waals surface area contributed by atoms with Crippen LogP contribution in [0, 0.1) is 5.92 Å². The second-order valence-electron chi connectivity index (χ2n) is 5.12. The van der Waals surface area contributed by atoms with Gasteiger partial charge in [0.25, 0.3) is 0 Å². The molecule has 0 spiro atoms. The summed E-state index contributed by atoms with van der Waals surface area (Å²) in [5.74, 6) is 1.00. The predicted molar refractivity (Wildman–Crippen MR) is 72.1 cm³/mol. The fraction of sp³-hybridized carbons (Fsp3) is 0.714. The first-order valence-corrected chi connectivity index (χ1v) is 7.53. The van der Waals surface area contributed by atoms with Gasteiger partial charge in [0.15, 0.2) is 0 Å². The number of rotatable bonds is 6. The quantitative estimate of drug-likeness (QED) is 0.792. The molecule has 2 rings (SSSR count). The molecule has 2 heteroatoms. The van der Waals surface area contributed by atoms with Crippen molar-refractivity contribution >= 4 is 11.3 Å². The van der Waals surface area contributed by atoms with Crippen molar-refractivity contribution in [3.63, 3.8) is 0 Å². The van der Waals surface area contributed by atoms with E-state index in [1.54, 1.807) is 11.3 Å². The summed E-state index contributed by atoms with van der Waals surface area (Å²) in [7, 11) is 0. The Bertz CT molecular complexity index is 275. The van der Waals surface area contributed by atoms with Crippen molar-refractivity contribution in [2.45, 2.75) is 51.5 Å². The molecule has 1 aromatic heterocycles. The molecule has 0 amide bonds. The van der Waals surface area contributed by atoms with Crippen molar-refractivity contribution < 1.29 is 0 Å². The minimum absolute atomic E-state index is 0.696. The smallest absolute Gasteiger partial charge is 0.00414 e. The van der Waals surface area contributed by atoms with Crippen molar-refractivity contribution in [3.8, 4) is 0 Å². The highest BCUT2D eigenvalue weighted by Gasteiger charge is 2.17. The van der Waals surface area contributed by atoms with Gasteiger partial charge in [-0.2, -0.15) is 11.3 Å². The second-order valence-corrected chi connectivity index (χ2v) is 5.90. The molecule has 1 unspecified atom stereocenters. The van der Waals surface area contributed by atoms with E-state index < -0.39 is 0 Å². The summed E-state index contributed by atoms with van der Waals surface area (Å²) in [4.78, 5) is 0. The Hall–Kier alpha value is -0.340. The zero-order valence-corrected chi connectivity index (χ0v) is 11.1. The Labute approximate surface area is 103 Å². The van der Waals surface area contributed by atoms with Gasteiger partial charge >= 0.3 is 0 Å². The molecular weight excluding hydrogens is 214 g/mol. The van der Waals surface area contributed by atoms with Gasteiger partial charge in [-0.3, -0.25) is 0 Å². The zero-order valence-electron chi connectivity index (χ0n) is 10.2. The number of hydrogen-bond acceptors (Lipinski definition) is 2. The third kappa shape index (κ3) is 3.91. The van der Waals surface area contributed by atoms with Gasteiger partial charge in [-0.15, -0.1) is 0 Å². The maximum atomic E-state index is 3.65. The normalized spacial score (nSPS) is 19.1. The van der Waals surface area contributed by atoms with Crippen molar-refractivity contribution in [1.29, 1.82) is 0 Å². The third-order valence-electron chi connectivity index (χ3n) is 3.65. The van der Waals surface area contributed by atoms with E-state index in [1.807, 2.05) is 0 Å². The Morgan fingerprint density at radius 3 is 2.94 bits per heavy atom.